The molecule has 1 saturated heterocycles. The molecule has 1 aromatic heterocycles. The highest BCUT2D eigenvalue weighted by Gasteiger charge is 2.51. The normalized spacial score (nSPS) is 25.0. The molecule has 4 rings (SSSR count). The van der Waals surface area contributed by atoms with Crippen molar-refractivity contribution in [2.24, 2.45) is 5.73 Å². The summed E-state index contributed by atoms with van der Waals surface area (Å²) in [4.78, 5) is 18.1. The van der Waals surface area contributed by atoms with Crippen molar-refractivity contribution in [1.82, 2.24) is 19.7 Å². The monoisotopic (exact) mass is 327 g/mol. The minimum absolute atomic E-state index is 0.0282. The van der Waals surface area contributed by atoms with Crippen molar-refractivity contribution < 1.29 is 9.90 Å². The zero-order chi connectivity index (χ0) is 16.7. The Hall–Kier alpha value is -2.25. The molecule has 0 bridgehead atoms. The van der Waals surface area contributed by atoms with E-state index in [1.165, 1.54) is 11.0 Å². The molecule has 0 saturated carbocycles. The van der Waals surface area contributed by atoms with E-state index in [4.69, 9.17) is 5.73 Å². The van der Waals surface area contributed by atoms with Gasteiger partial charge in [0, 0.05) is 18.5 Å². The van der Waals surface area contributed by atoms with E-state index in [0.717, 1.165) is 24.0 Å². The largest absolute Gasteiger partial charge is 0.390 e. The number of rotatable bonds is 2. The van der Waals surface area contributed by atoms with E-state index >= 15 is 0 Å². The molecule has 0 radical (unpaired) electrons. The summed E-state index contributed by atoms with van der Waals surface area (Å²) in [5.74, 6) is 0.0282. The maximum absolute atomic E-state index is 12.4. The number of aliphatic hydroxyl groups excluding tert-OH is 1. The summed E-state index contributed by atoms with van der Waals surface area (Å²) in [5, 5.41) is 14.8. The number of nitrogens with zero attached hydrogens (tertiary/aromatic N) is 4. The van der Waals surface area contributed by atoms with Crippen molar-refractivity contribution in [3.8, 4) is 0 Å². The molecule has 2 heterocycles. The molecular weight excluding hydrogens is 306 g/mol. The number of aromatic nitrogens is 3. The van der Waals surface area contributed by atoms with Gasteiger partial charge in [0.15, 0.2) is 0 Å². The summed E-state index contributed by atoms with van der Waals surface area (Å²) in [6.07, 6.45) is 3.82. The van der Waals surface area contributed by atoms with Crippen LogP contribution in [-0.4, -0.2) is 49.9 Å². The van der Waals surface area contributed by atoms with Crippen molar-refractivity contribution in [3.05, 3.63) is 48.0 Å². The molecule has 24 heavy (non-hydrogen) atoms. The van der Waals surface area contributed by atoms with Gasteiger partial charge in [-0.2, -0.15) is 5.10 Å². The number of piperidine rings is 1. The van der Waals surface area contributed by atoms with Gasteiger partial charge in [0.25, 0.3) is 0 Å². The Morgan fingerprint density at radius 3 is 2.79 bits per heavy atom. The van der Waals surface area contributed by atoms with Crippen LogP contribution in [0.5, 0.6) is 0 Å². The molecule has 1 aromatic carbocycles. The second-order valence-corrected chi connectivity index (χ2v) is 6.69. The molecule has 2 aliphatic rings. The zero-order valence-corrected chi connectivity index (χ0v) is 13.4. The number of nitrogens with two attached hydrogens (primary N) is 1. The van der Waals surface area contributed by atoms with E-state index in [0.29, 0.717) is 13.1 Å². The van der Waals surface area contributed by atoms with Gasteiger partial charge in [-0.25, -0.2) is 9.67 Å². The van der Waals surface area contributed by atoms with Crippen molar-refractivity contribution >= 4 is 5.91 Å². The lowest BCUT2D eigenvalue weighted by Crippen LogP contribution is -2.50. The Bertz CT molecular complexity index is 737. The molecule has 1 aliphatic heterocycles. The smallest absolute Gasteiger partial charge is 0.244 e. The van der Waals surface area contributed by atoms with Gasteiger partial charge >= 0.3 is 0 Å². The van der Waals surface area contributed by atoms with Crippen molar-refractivity contribution in [2.45, 2.75) is 36.9 Å². The van der Waals surface area contributed by atoms with Crippen molar-refractivity contribution in [1.29, 1.82) is 0 Å². The average molecular weight is 327 g/mol. The molecule has 126 valence electrons. The van der Waals surface area contributed by atoms with E-state index in [-0.39, 0.29) is 23.9 Å². The molecule has 1 amide bonds. The molecular formula is C17H21N5O2. The minimum atomic E-state index is -0.595. The highest BCUT2D eigenvalue weighted by atomic mass is 16.3. The van der Waals surface area contributed by atoms with Gasteiger partial charge < -0.3 is 15.7 Å². The van der Waals surface area contributed by atoms with Crippen LogP contribution < -0.4 is 5.73 Å². The Kier molecular flexibility index (Phi) is 3.62. The topological polar surface area (TPSA) is 97.3 Å². The summed E-state index contributed by atoms with van der Waals surface area (Å²) < 4.78 is 1.53. The quantitative estimate of drug-likeness (QED) is 0.822. The number of carbonyl (C=O) groups excluding carboxylic acids is 1. The zero-order valence-electron chi connectivity index (χ0n) is 13.4. The third-order valence-electron chi connectivity index (χ3n) is 5.53. The van der Waals surface area contributed by atoms with E-state index in [1.54, 1.807) is 6.33 Å². The van der Waals surface area contributed by atoms with E-state index in [1.807, 2.05) is 23.1 Å². The number of aliphatic hydroxyl groups is 1. The molecule has 7 heteroatoms. The Balaban J connectivity index is 1.51. The van der Waals surface area contributed by atoms with Gasteiger partial charge in [0.05, 0.1) is 12.1 Å². The van der Waals surface area contributed by atoms with Crippen molar-refractivity contribution in [3.63, 3.8) is 0 Å². The Morgan fingerprint density at radius 1 is 1.33 bits per heavy atom. The van der Waals surface area contributed by atoms with Gasteiger partial charge in [-0.3, -0.25) is 4.79 Å². The highest BCUT2D eigenvalue weighted by Crippen LogP contribution is 2.49. The third kappa shape index (κ3) is 2.23. The van der Waals surface area contributed by atoms with Gasteiger partial charge in [-0.1, -0.05) is 24.3 Å². The predicted molar refractivity (Wildman–Crippen MR) is 86.9 cm³/mol. The molecule has 1 spiro atoms. The molecule has 7 nitrogen and oxygen atoms in total. The molecule has 2 atom stereocenters. The van der Waals surface area contributed by atoms with E-state index < -0.39 is 6.10 Å². The molecule has 1 aliphatic carbocycles. The summed E-state index contributed by atoms with van der Waals surface area (Å²) in [6, 6.07) is 7.67. The van der Waals surface area contributed by atoms with Gasteiger partial charge in [-0.05, 0) is 24.0 Å². The van der Waals surface area contributed by atoms with Gasteiger partial charge in [-0.15, -0.1) is 0 Å². The highest BCUT2D eigenvalue weighted by molar-refractivity contribution is 5.76. The lowest BCUT2D eigenvalue weighted by atomic mass is 9.72. The molecule has 3 N–H and O–H groups in total. The second kappa shape index (κ2) is 5.68. The Labute approximate surface area is 140 Å². The first kappa shape index (κ1) is 15.3. The lowest BCUT2D eigenvalue weighted by Gasteiger charge is -2.42. The van der Waals surface area contributed by atoms with Crippen LogP contribution in [0.4, 0.5) is 0 Å². The molecule has 2 aromatic rings. The van der Waals surface area contributed by atoms with Crippen LogP contribution in [0, 0.1) is 0 Å². The predicted octanol–water partition coefficient (Wildman–Crippen LogP) is 0.213. The first-order valence-electron chi connectivity index (χ1n) is 8.25. The first-order chi connectivity index (χ1) is 11.6. The van der Waals surface area contributed by atoms with Crippen LogP contribution >= 0.6 is 0 Å². The van der Waals surface area contributed by atoms with Gasteiger partial charge in [0.1, 0.15) is 19.2 Å². The van der Waals surface area contributed by atoms with E-state index in [2.05, 4.69) is 16.1 Å². The SMILES string of the molecule is N[C@H]1c2ccccc2C2(CCN(C(=O)Cn3cncn3)CC2)[C@@H]1O. The summed E-state index contributed by atoms with van der Waals surface area (Å²) in [5.41, 5.74) is 8.08. The number of amides is 1. The maximum Gasteiger partial charge on any atom is 0.244 e. The fourth-order valence-electron chi connectivity index (χ4n) is 4.19. The maximum atomic E-state index is 12.4. The van der Waals surface area contributed by atoms with E-state index in [9.17, 15) is 9.90 Å². The molecule has 1 fully saturated rings. The standard InChI is InChI=1S/C17H21N5O2/c18-15-12-3-1-2-4-13(12)17(16(15)24)5-7-21(8-6-17)14(23)9-22-11-19-10-20-22/h1-4,10-11,15-16,24H,5-9,18H2/t15-,16+/m0/s1. The van der Waals surface area contributed by atoms with Crippen LogP contribution in [0.25, 0.3) is 0 Å². The lowest BCUT2D eigenvalue weighted by molar-refractivity contribution is -0.134. The summed E-state index contributed by atoms with van der Waals surface area (Å²) >= 11 is 0. The fourth-order valence-corrected chi connectivity index (χ4v) is 4.19. The summed E-state index contributed by atoms with van der Waals surface area (Å²) in [6.45, 7) is 1.43. The number of hydrogen-bond acceptors (Lipinski definition) is 5. The second-order valence-electron chi connectivity index (χ2n) is 6.69. The summed E-state index contributed by atoms with van der Waals surface area (Å²) in [7, 11) is 0. The average Bonchev–Trinajstić information content (AvgIpc) is 3.19. The fraction of sp³-hybridized carbons (Fsp3) is 0.471. The number of hydrogen-bond donors (Lipinski definition) is 2. The molecule has 0 unspecified atom stereocenters. The van der Waals surface area contributed by atoms with Gasteiger partial charge in [0.2, 0.25) is 5.91 Å². The van der Waals surface area contributed by atoms with Crippen LogP contribution in [0.3, 0.4) is 0 Å². The third-order valence-corrected chi connectivity index (χ3v) is 5.53. The van der Waals surface area contributed by atoms with Crippen LogP contribution in [0.1, 0.15) is 30.0 Å². The number of carbonyl (C=O) groups is 1. The van der Waals surface area contributed by atoms with Crippen LogP contribution in [0.15, 0.2) is 36.9 Å². The van der Waals surface area contributed by atoms with Crippen molar-refractivity contribution in [2.75, 3.05) is 13.1 Å². The Morgan fingerprint density at radius 2 is 2.08 bits per heavy atom. The van der Waals surface area contributed by atoms with Crippen LogP contribution in [-0.2, 0) is 16.8 Å². The number of fused-ring (bicyclic) bond motifs is 2. The van der Waals surface area contributed by atoms with Crippen LogP contribution in [0.2, 0.25) is 0 Å². The number of benzene rings is 1. The first-order valence-corrected chi connectivity index (χ1v) is 8.25. The number of likely N-dealkylation sites (tertiary alicyclic amines) is 1. The minimum Gasteiger partial charge on any atom is -0.390 e.